The Morgan fingerprint density at radius 2 is 2.16 bits per heavy atom. The molecule has 3 nitrogen and oxygen atoms in total. The van der Waals surface area contributed by atoms with E-state index >= 15 is 0 Å². The molecule has 3 heteroatoms. The van der Waals surface area contributed by atoms with E-state index in [9.17, 15) is 0 Å². The van der Waals surface area contributed by atoms with Crippen molar-refractivity contribution < 1.29 is 0 Å². The molecule has 1 aliphatic rings. The van der Waals surface area contributed by atoms with E-state index in [1.165, 1.54) is 29.4 Å². The minimum absolute atomic E-state index is 0.779. The standard InChI is InChI=1S/C16H15N3/c1-2-12(9-17-7-1)10-19-11-15-8-14(13-3-4-13)5-6-16(15)18-19/h1-2,5-9,11,13H,3-4,10H2. The van der Waals surface area contributed by atoms with E-state index in [0.29, 0.717) is 0 Å². The Labute approximate surface area is 111 Å². The quantitative estimate of drug-likeness (QED) is 0.712. The summed E-state index contributed by atoms with van der Waals surface area (Å²) in [4.78, 5) is 4.14. The molecule has 2 aromatic heterocycles. The van der Waals surface area contributed by atoms with Gasteiger partial charge in [-0.05, 0) is 48.1 Å². The predicted octanol–water partition coefficient (Wildman–Crippen LogP) is 3.36. The minimum Gasteiger partial charge on any atom is -0.267 e. The summed E-state index contributed by atoms with van der Waals surface area (Å²) in [6.45, 7) is 0.779. The van der Waals surface area contributed by atoms with E-state index in [4.69, 9.17) is 0 Å². The van der Waals surface area contributed by atoms with Crippen molar-refractivity contribution in [1.29, 1.82) is 0 Å². The molecule has 1 aromatic carbocycles. The zero-order valence-corrected chi connectivity index (χ0v) is 10.7. The van der Waals surface area contributed by atoms with Crippen LogP contribution in [0.3, 0.4) is 0 Å². The molecule has 19 heavy (non-hydrogen) atoms. The molecule has 0 aliphatic heterocycles. The summed E-state index contributed by atoms with van der Waals surface area (Å²) in [5.74, 6) is 0.797. The van der Waals surface area contributed by atoms with Gasteiger partial charge in [0.15, 0.2) is 0 Å². The lowest BCUT2D eigenvalue weighted by atomic mass is 10.1. The van der Waals surface area contributed by atoms with Gasteiger partial charge in [0.1, 0.15) is 0 Å². The number of aromatic nitrogens is 3. The van der Waals surface area contributed by atoms with E-state index in [0.717, 1.165) is 18.0 Å². The molecule has 3 aromatic rings. The second-order valence-corrected chi connectivity index (χ2v) is 5.28. The molecule has 0 radical (unpaired) electrons. The lowest BCUT2D eigenvalue weighted by molar-refractivity contribution is 0.693. The Bertz CT molecular complexity index is 711. The Kier molecular flexibility index (Phi) is 2.37. The van der Waals surface area contributed by atoms with Crippen molar-refractivity contribution in [3.8, 4) is 0 Å². The molecular formula is C16H15N3. The van der Waals surface area contributed by atoms with Crippen molar-refractivity contribution in [3.05, 3.63) is 60.0 Å². The highest BCUT2D eigenvalue weighted by atomic mass is 15.3. The first-order chi connectivity index (χ1) is 9.38. The van der Waals surface area contributed by atoms with Crippen molar-refractivity contribution >= 4 is 10.9 Å². The molecule has 0 unspecified atom stereocenters. The van der Waals surface area contributed by atoms with E-state index in [2.05, 4.69) is 40.5 Å². The SMILES string of the molecule is c1cncc(Cn2cc3cc(C4CC4)ccc3n2)c1. The number of hydrogen-bond acceptors (Lipinski definition) is 2. The van der Waals surface area contributed by atoms with Crippen molar-refractivity contribution in [2.75, 3.05) is 0 Å². The molecular weight excluding hydrogens is 234 g/mol. The molecule has 1 saturated carbocycles. The summed E-state index contributed by atoms with van der Waals surface area (Å²) >= 11 is 0. The molecule has 2 heterocycles. The van der Waals surface area contributed by atoms with Gasteiger partial charge in [0.25, 0.3) is 0 Å². The topological polar surface area (TPSA) is 30.7 Å². The molecule has 4 rings (SSSR count). The number of rotatable bonds is 3. The Balaban J connectivity index is 1.67. The minimum atomic E-state index is 0.779. The first kappa shape index (κ1) is 10.7. The fourth-order valence-electron chi connectivity index (χ4n) is 2.53. The normalized spacial score (nSPS) is 14.9. The molecule has 0 amide bonds. The van der Waals surface area contributed by atoms with Crippen LogP contribution in [0, 0.1) is 0 Å². The molecule has 0 N–H and O–H groups in total. The monoisotopic (exact) mass is 249 g/mol. The van der Waals surface area contributed by atoms with Crippen molar-refractivity contribution in [1.82, 2.24) is 14.8 Å². The van der Waals surface area contributed by atoms with Crippen LogP contribution in [-0.2, 0) is 6.54 Å². The van der Waals surface area contributed by atoms with Crippen molar-refractivity contribution in [2.45, 2.75) is 25.3 Å². The van der Waals surface area contributed by atoms with Gasteiger partial charge in [-0.25, -0.2) is 0 Å². The maximum atomic E-state index is 4.62. The summed E-state index contributed by atoms with van der Waals surface area (Å²) in [5, 5.41) is 5.86. The third kappa shape index (κ3) is 2.12. The third-order valence-electron chi connectivity index (χ3n) is 3.69. The first-order valence-corrected chi connectivity index (χ1v) is 6.74. The molecule has 0 atom stereocenters. The van der Waals surface area contributed by atoms with Crippen LogP contribution >= 0.6 is 0 Å². The van der Waals surface area contributed by atoms with Crippen LogP contribution < -0.4 is 0 Å². The predicted molar refractivity (Wildman–Crippen MR) is 75.0 cm³/mol. The van der Waals surface area contributed by atoms with Gasteiger partial charge in [0.05, 0.1) is 12.1 Å². The highest BCUT2D eigenvalue weighted by molar-refractivity contribution is 5.79. The molecule has 0 bridgehead atoms. The number of nitrogens with zero attached hydrogens (tertiary/aromatic N) is 3. The van der Waals surface area contributed by atoms with Gasteiger partial charge in [-0.15, -0.1) is 0 Å². The third-order valence-corrected chi connectivity index (χ3v) is 3.69. The van der Waals surface area contributed by atoms with Crippen LogP contribution in [0.25, 0.3) is 10.9 Å². The average molecular weight is 249 g/mol. The van der Waals surface area contributed by atoms with Crippen LogP contribution in [0.5, 0.6) is 0 Å². The highest BCUT2D eigenvalue weighted by Gasteiger charge is 2.23. The summed E-state index contributed by atoms with van der Waals surface area (Å²) < 4.78 is 2.00. The molecule has 0 spiro atoms. The van der Waals surface area contributed by atoms with Crippen molar-refractivity contribution in [2.24, 2.45) is 0 Å². The number of fused-ring (bicyclic) bond motifs is 1. The molecule has 1 aliphatic carbocycles. The van der Waals surface area contributed by atoms with Crippen LogP contribution in [0.15, 0.2) is 48.9 Å². The average Bonchev–Trinajstić information content (AvgIpc) is 3.20. The largest absolute Gasteiger partial charge is 0.267 e. The van der Waals surface area contributed by atoms with Gasteiger partial charge in [-0.3, -0.25) is 9.67 Å². The number of hydrogen-bond donors (Lipinski definition) is 0. The summed E-state index contributed by atoms with van der Waals surface area (Å²) in [6, 6.07) is 10.7. The van der Waals surface area contributed by atoms with Gasteiger partial charge < -0.3 is 0 Å². The maximum Gasteiger partial charge on any atom is 0.0923 e. The molecule has 1 fully saturated rings. The Morgan fingerprint density at radius 3 is 2.95 bits per heavy atom. The Morgan fingerprint density at radius 1 is 1.21 bits per heavy atom. The van der Waals surface area contributed by atoms with E-state index in [1.54, 1.807) is 6.20 Å². The Hall–Kier alpha value is -2.16. The van der Waals surface area contributed by atoms with Crippen LogP contribution in [0.2, 0.25) is 0 Å². The second-order valence-electron chi connectivity index (χ2n) is 5.28. The molecule has 0 saturated heterocycles. The van der Waals surface area contributed by atoms with Crippen LogP contribution in [-0.4, -0.2) is 14.8 Å². The van der Waals surface area contributed by atoms with E-state index in [-0.39, 0.29) is 0 Å². The van der Waals surface area contributed by atoms with Crippen molar-refractivity contribution in [3.63, 3.8) is 0 Å². The summed E-state index contributed by atoms with van der Waals surface area (Å²) in [5.41, 5.74) is 3.72. The summed E-state index contributed by atoms with van der Waals surface area (Å²) in [6.07, 6.45) is 8.51. The summed E-state index contributed by atoms with van der Waals surface area (Å²) in [7, 11) is 0. The maximum absolute atomic E-state index is 4.62. The zero-order valence-electron chi connectivity index (χ0n) is 10.7. The van der Waals surface area contributed by atoms with Crippen LogP contribution in [0.1, 0.15) is 29.9 Å². The van der Waals surface area contributed by atoms with E-state index in [1.807, 2.05) is 16.9 Å². The molecule has 94 valence electrons. The van der Waals surface area contributed by atoms with Crippen LogP contribution in [0.4, 0.5) is 0 Å². The number of pyridine rings is 1. The zero-order chi connectivity index (χ0) is 12.7. The van der Waals surface area contributed by atoms with Gasteiger partial charge in [0, 0.05) is 24.0 Å². The second kappa shape index (κ2) is 4.19. The van der Waals surface area contributed by atoms with Gasteiger partial charge in [0.2, 0.25) is 0 Å². The fourth-order valence-corrected chi connectivity index (χ4v) is 2.53. The smallest absolute Gasteiger partial charge is 0.0923 e. The fraction of sp³-hybridized carbons (Fsp3) is 0.250. The van der Waals surface area contributed by atoms with Gasteiger partial charge in [-0.1, -0.05) is 12.1 Å². The van der Waals surface area contributed by atoms with Gasteiger partial charge in [-0.2, -0.15) is 5.10 Å². The highest BCUT2D eigenvalue weighted by Crippen LogP contribution is 2.40. The lowest BCUT2D eigenvalue weighted by Crippen LogP contribution is -1.99. The lowest BCUT2D eigenvalue weighted by Gasteiger charge is -1.99. The van der Waals surface area contributed by atoms with Gasteiger partial charge >= 0.3 is 0 Å². The number of benzene rings is 1. The van der Waals surface area contributed by atoms with E-state index < -0.39 is 0 Å². The first-order valence-electron chi connectivity index (χ1n) is 6.74.